The zero-order valence-electron chi connectivity index (χ0n) is 17.3. The highest BCUT2D eigenvalue weighted by Gasteiger charge is 2.27. The van der Waals surface area contributed by atoms with Crippen molar-refractivity contribution in [3.05, 3.63) is 95.6 Å². The lowest BCUT2D eigenvalue weighted by atomic mass is 9.96. The van der Waals surface area contributed by atoms with E-state index in [1.165, 1.54) is 24.3 Å². The fourth-order valence-corrected chi connectivity index (χ4v) is 4.10. The highest BCUT2D eigenvalue weighted by Crippen LogP contribution is 2.30. The van der Waals surface area contributed by atoms with Gasteiger partial charge in [0.25, 0.3) is 0 Å². The van der Waals surface area contributed by atoms with Crippen LogP contribution in [0.5, 0.6) is 0 Å². The number of rotatable bonds is 6. The summed E-state index contributed by atoms with van der Waals surface area (Å²) >= 11 is 0. The van der Waals surface area contributed by atoms with Crippen LogP contribution in [0.2, 0.25) is 0 Å². The van der Waals surface area contributed by atoms with Crippen LogP contribution in [0.15, 0.2) is 75.9 Å². The number of furan rings is 1. The molecule has 164 valence electrons. The Morgan fingerprint density at radius 3 is 2.03 bits per heavy atom. The maximum absolute atomic E-state index is 13.5. The second kappa shape index (κ2) is 9.02. The van der Waals surface area contributed by atoms with Crippen LogP contribution in [-0.2, 0) is 6.54 Å². The summed E-state index contributed by atoms with van der Waals surface area (Å²) in [5.41, 5.74) is 1.96. The van der Waals surface area contributed by atoms with Crippen molar-refractivity contribution in [2.45, 2.75) is 12.6 Å². The summed E-state index contributed by atoms with van der Waals surface area (Å²) < 4.78 is 37.7. The highest BCUT2D eigenvalue weighted by molar-refractivity contribution is 5.44. The van der Waals surface area contributed by atoms with E-state index < -0.39 is 0 Å². The van der Waals surface area contributed by atoms with E-state index in [1.807, 2.05) is 0 Å². The van der Waals surface area contributed by atoms with Gasteiger partial charge in [0.1, 0.15) is 11.6 Å². The molecular weight excluding hydrogens is 414 g/mol. The fourth-order valence-electron chi connectivity index (χ4n) is 4.10. The lowest BCUT2D eigenvalue weighted by molar-refractivity contribution is 0.0966. The van der Waals surface area contributed by atoms with Crippen LogP contribution in [0.3, 0.4) is 0 Å². The lowest BCUT2D eigenvalue weighted by Gasteiger charge is -2.39. The molecule has 0 radical (unpaired) electrons. The summed E-state index contributed by atoms with van der Waals surface area (Å²) in [7, 11) is 0. The zero-order valence-corrected chi connectivity index (χ0v) is 17.3. The summed E-state index contributed by atoms with van der Waals surface area (Å²) in [6.07, 6.45) is 1.57. The van der Waals surface area contributed by atoms with Crippen LogP contribution in [0.1, 0.15) is 23.1 Å². The van der Waals surface area contributed by atoms with Crippen molar-refractivity contribution in [3.63, 3.8) is 0 Å². The van der Waals surface area contributed by atoms with E-state index in [0.717, 1.165) is 37.3 Å². The van der Waals surface area contributed by atoms with Crippen molar-refractivity contribution in [2.75, 3.05) is 26.2 Å². The quantitative estimate of drug-likeness (QED) is 0.443. The maximum atomic E-state index is 13.5. The van der Waals surface area contributed by atoms with Crippen LogP contribution in [0, 0.1) is 11.6 Å². The third kappa shape index (κ3) is 4.46. The maximum Gasteiger partial charge on any atom is 0.241 e. The molecule has 2 aromatic heterocycles. The van der Waals surface area contributed by atoms with E-state index in [9.17, 15) is 8.78 Å². The summed E-state index contributed by atoms with van der Waals surface area (Å²) in [6, 6.07) is 16.5. The Hall–Kier alpha value is -3.36. The minimum Gasteiger partial charge on any atom is -0.461 e. The number of benzene rings is 2. The molecule has 32 heavy (non-hydrogen) atoms. The molecule has 0 bridgehead atoms. The molecule has 0 amide bonds. The number of aromatic nitrogens is 2. The highest BCUT2D eigenvalue weighted by atomic mass is 19.1. The topological polar surface area (TPSA) is 58.5 Å². The van der Waals surface area contributed by atoms with Gasteiger partial charge in [-0.05, 0) is 47.5 Å². The zero-order chi connectivity index (χ0) is 21.9. The van der Waals surface area contributed by atoms with Crippen molar-refractivity contribution >= 4 is 0 Å². The smallest absolute Gasteiger partial charge is 0.241 e. The van der Waals surface area contributed by atoms with Crippen molar-refractivity contribution in [3.8, 4) is 11.6 Å². The first-order valence-corrected chi connectivity index (χ1v) is 10.5. The Balaban J connectivity index is 1.28. The minimum atomic E-state index is -0.273. The molecule has 1 aliphatic rings. The van der Waals surface area contributed by atoms with Gasteiger partial charge in [0, 0.05) is 26.2 Å². The van der Waals surface area contributed by atoms with Gasteiger partial charge in [-0.3, -0.25) is 9.80 Å². The Kier molecular flexibility index (Phi) is 5.79. The van der Waals surface area contributed by atoms with Crippen molar-refractivity contribution < 1.29 is 17.7 Å². The van der Waals surface area contributed by atoms with E-state index in [0.29, 0.717) is 24.0 Å². The molecular formula is C24H22F2N4O2. The number of halogens is 2. The van der Waals surface area contributed by atoms with Gasteiger partial charge in [0.2, 0.25) is 11.7 Å². The molecule has 0 atom stereocenters. The summed E-state index contributed by atoms with van der Waals surface area (Å²) in [5, 5.41) is 3.98. The van der Waals surface area contributed by atoms with Crippen LogP contribution in [-0.4, -0.2) is 46.1 Å². The average molecular weight is 436 g/mol. The van der Waals surface area contributed by atoms with Crippen LogP contribution in [0.25, 0.3) is 11.6 Å². The standard InChI is InChI=1S/C24H22F2N4O2/c25-19-7-3-17(4-8-19)23(18-5-9-20(26)10-6-18)30-13-11-29(12-14-30)16-22-27-24(28-32-22)21-2-1-15-31-21/h1-10,15,23H,11-14,16H2. The van der Waals surface area contributed by atoms with Gasteiger partial charge in [0.05, 0.1) is 18.8 Å². The van der Waals surface area contributed by atoms with Gasteiger partial charge >= 0.3 is 0 Å². The summed E-state index contributed by atoms with van der Waals surface area (Å²) in [4.78, 5) is 9.00. The molecule has 1 aliphatic heterocycles. The normalized spacial score (nSPS) is 15.5. The molecule has 3 heterocycles. The summed E-state index contributed by atoms with van der Waals surface area (Å²) in [6.45, 7) is 3.74. The number of nitrogens with zero attached hydrogens (tertiary/aromatic N) is 4. The lowest BCUT2D eigenvalue weighted by Crippen LogP contribution is -2.47. The van der Waals surface area contributed by atoms with E-state index in [1.54, 1.807) is 42.7 Å². The number of hydrogen-bond donors (Lipinski definition) is 0. The molecule has 0 N–H and O–H groups in total. The van der Waals surface area contributed by atoms with Crippen molar-refractivity contribution in [1.29, 1.82) is 0 Å². The molecule has 4 aromatic rings. The van der Waals surface area contributed by atoms with E-state index in [-0.39, 0.29) is 17.7 Å². The van der Waals surface area contributed by atoms with E-state index >= 15 is 0 Å². The van der Waals surface area contributed by atoms with Crippen LogP contribution >= 0.6 is 0 Å². The molecule has 1 saturated heterocycles. The predicted molar refractivity (Wildman–Crippen MR) is 113 cm³/mol. The van der Waals surface area contributed by atoms with Gasteiger partial charge < -0.3 is 8.94 Å². The number of piperazine rings is 1. The summed E-state index contributed by atoms with van der Waals surface area (Å²) in [5.74, 6) is 1.01. The van der Waals surface area contributed by atoms with E-state index in [4.69, 9.17) is 8.94 Å². The molecule has 0 aliphatic carbocycles. The van der Waals surface area contributed by atoms with Gasteiger partial charge in [-0.25, -0.2) is 8.78 Å². The molecule has 6 nitrogen and oxygen atoms in total. The van der Waals surface area contributed by atoms with Gasteiger partial charge in [0.15, 0.2) is 5.76 Å². The van der Waals surface area contributed by atoms with Gasteiger partial charge in [-0.2, -0.15) is 4.98 Å². The first-order chi connectivity index (χ1) is 15.7. The minimum absolute atomic E-state index is 0.0766. The van der Waals surface area contributed by atoms with Crippen molar-refractivity contribution in [1.82, 2.24) is 19.9 Å². The molecule has 0 spiro atoms. The molecule has 5 rings (SSSR count). The molecule has 2 aromatic carbocycles. The molecule has 0 unspecified atom stereocenters. The molecule has 0 saturated carbocycles. The average Bonchev–Trinajstić information content (AvgIpc) is 3.50. The molecule has 8 heteroatoms. The second-order valence-electron chi connectivity index (χ2n) is 7.81. The van der Waals surface area contributed by atoms with Gasteiger partial charge in [-0.15, -0.1) is 0 Å². The molecule has 1 fully saturated rings. The Labute approximate surface area is 184 Å². The Morgan fingerprint density at radius 2 is 1.47 bits per heavy atom. The van der Waals surface area contributed by atoms with Crippen molar-refractivity contribution in [2.24, 2.45) is 0 Å². The third-order valence-electron chi connectivity index (χ3n) is 5.71. The first kappa shape index (κ1) is 20.5. The fraction of sp³-hybridized carbons (Fsp3) is 0.250. The first-order valence-electron chi connectivity index (χ1n) is 10.5. The third-order valence-corrected chi connectivity index (χ3v) is 5.71. The second-order valence-corrected chi connectivity index (χ2v) is 7.81. The van der Waals surface area contributed by atoms with Crippen LogP contribution < -0.4 is 0 Å². The largest absolute Gasteiger partial charge is 0.461 e. The van der Waals surface area contributed by atoms with Crippen LogP contribution in [0.4, 0.5) is 8.78 Å². The number of hydrogen-bond acceptors (Lipinski definition) is 6. The van der Waals surface area contributed by atoms with Gasteiger partial charge in [-0.1, -0.05) is 29.4 Å². The Morgan fingerprint density at radius 1 is 0.844 bits per heavy atom. The van der Waals surface area contributed by atoms with E-state index in [2.05, 4.69) is 19.9 Å². The monoisotopic (exact) mass is 436 g/mol. The Bertz CT molecular complexity index is 1090. The predicted octanol–water partition coefficient (Wildman–Crippen LogP) is 4.52. The SMILES string of the molecule is Fc1ccc(C(c2ccc(F)cc2)N2CCN(Cc3nc(-c4ccco4)no3)CC2)cc1.